The Morgan fingerprint density at radius 1 is 1.22 bits per heavy atom. The number of guanidine groups is 1. The second kappa shape index (κ2) is 10.9. The van der Waals surface area contributed by atoms with Crippen molar-refractivity contribution in [1.82, 2.24) is 15.5 Å². The maximum atomic E-state index is 5.65. The fraction of sp³-hybridized carbons (Fsp3) is 0.944. The summed E-state index contributed by atoms with van der Waals surface area (Å²) in [5.41, 5.74) is 0. The Morgan fingerprint density at radius 3 is 2.83 bits per heavy atom. The molecule has 0 spiro atoms. The Morgan fingerprint density at radius 2 is 2.09 bits per heavy atom. The molecule has 134 valence electrons. The first kappa shape index (κ1) is 18.5. The molecule has 1 unspecified atom stereocenters. The molecule has 5 nitrogen and oxygen atoms in total. The van der Waals surface area contributed by atoms with E-state index in [4.69, 9.17) is 4.74 Å². The number of ether oxygens (including phenoxy) is 1. The third kappa shape index (κ3) is 8.02. The van der Waals surface area contributed by atoms with E-state index in [-0.39, 0.29) is 0 Å². The summed E-state index contributed by atoms with van der Waals surface area (Å²) < 4.78 is 5.65. The fourth-order valence-corrected chi connectivity index (χ4v) is 3.04. The van der Waals surface area contributed by atoms with Crippen molar-refractivity contribution in [1.29, 1.82) is 0 Å². The molecule has 1 atom stereocenters. The van der Waals surface area contributed by atoms with Gasteiger partial charge in [-0.05, 0) is 58.4 Å². The van der Waals surface area contributed by atoms with Crippen molar-refractivity contribution < 1.29 is 4.74 Å². The van der Waals surface area contributed by atoms with Crippen molar-refractivity contribution in [2.75, 3.05) is 45.9 Å². The maximum Gasteiger partial charge on any atom is 0.191 e. The minimum Gasteiger partial charge on any atom is -0.381 e. The van der Waals surface area contributed by atoms with Crippen LogP contribution in [0.3, 0.4) is 0 Å². The molecule has 1 saturated heterocycles. The van der Waals surface area contributed by atoms with Crippen LogP contribution < -0.4 is 10.6 Å². The minimum atomic E-state index is 0.730. The van der Waals surface area contributed by atoms with Crippen LogP contribution in [0, 0.1) is 5.92 Å². The van der Waals surface area contributed by atoms with E-state index in [0.29, 0.717) is 0 Å². The zero-order valence-electron chi connectivity index (χ0n) is 15.1. The van der Waals surface area contributed by atoms with Gasteiger partial charge >= 0.3 is 0 Å². The molecule has 5 heteroatoms. The molecule has 0 aromatic heterocycles. The summed E-state index contributed by atoms with van der Waals surface area (Å²) in [5, 5.41) is 6.79. The summed E-state index contributed by atoms with van der Waals surface area (Å²) in [6, 6.07) is 0.730. The van der Waals surface area contributed by atoms with Gasteiger partial charge in [-0.25, -0.2) is 0 Å². The van der Waals surface area contributed by atoms with E-state index >= 15 is 0 Å². The second-order valence-electron chi connectivity index (χ2n) is 6.94. The first-order valence-electron chi connectivity index (χ1n) is 9.63. The monoisotopic (exact) mass is 324 g/mol. The average Bonchev–Trinajstić information content (AvgIpc) is 3.36. The Hall–Kier alpha value is -0.810. The number of hydrogen-bond donors (Lipinski definition) is 2. The fourth-order valence-electron chi connectivity index (χ4n) is 3.04. The molecule has 1 aliphatic heterocycles. The van der Waals surface area contributed by atoms with Crippen molar-refractivity contribution in [2.45, 2.75) is 58.4 Å². The molecule has 1 aliphatic carbocycles. The summed E-state index contributed by atoms with van der Waals surface area (Å²) in [5.74, 6) is 1.80. The Labute approximate surface area is 142 Å². The predicted molar refractivity (Wildman–Crippen MR) is 97.0 cm³/mol. The van der Waals surface area contributed by atoms with E-state index in [9.17, 15) is 0 Å². The van der Waals surface area contributed by atoms with Crippen molar-refractivity contribution in [3.63, 3.8) is 0 Å². The third-order valence-electron chi connectivity index (χ3n) is 4.74. The molecule has 0 aromatic rings. The van der Waals surface area contributed by atoms with Crippen LogP contribution in [-0.2, 0) is 4.74 Å². The first-order chi connectivity index (χ1) is 11.3. The van der Waals surface area contributed by atoms with Gasteiger partial charge in [0, 0.05) is 45.4 Å². The lowest BCUT2D eigenvalue weighted by atomic mass is 10.0. The molecule has 0 radical (unpaired) electrons. The van der Waals surface area contributed by atoms with Gasteiger partial charge in [0.15, 0.2) is 5.96 Å². The molecule has 0 amide bonds. The Balaban J connectivity index is 1.56. The highest BCUT2D eigenvalue weighted by atomic mass is 16.5. The predicted octanol–water partition coefficient (Wildman–Crippen LogP) is 2.23. The Bertz CT molecular complexity index is 344. The van der Waals surface area contributed by atoms with E-state index in [2.05, 4.69) is 34.4 Å². The lowest BCUT2D eigenvalue weighted by molar-refractivity contribution is 0.123. The minimum absolute atomic E-state index is 0.730. The molecule has 0 bridgehead atoms. The summed E-state index contributed by atoms with van der Waals surface area (Å²) in [6.45, 7) is 11.3. The first-order valence-corrected chi connectivity index (χ1v) is 9.63. The zero-order valence-corrected chi connectivity index (χ0v) is 15.1. The molecular formula is C18H36N4O. The normalized spacial score (nSPS) is 23.0. The van der Waals surface area contributed by atoms with Gasteiger partial charge in [-0.1, -0.05) is 6.42 Å². The quantitative estimate of drug-likeness (QED) is 0.368. The van der Waals surface area contributed by atoms with Gasteiger partial charge < -0.3 is 15.4 Å². The molecule has 1 saturated carbocycles. The zero-order chi connectivity index (χ0) is 16.3. The van der Waals surface area contributed by atoms with E-state index < -0.39 is 0 Å². The Kier molecular flexibility index (Phi) is 8.76. The number of rotatable bonds is 10. The highest BCUT2D eigenvalue weighted by molar-refractivity contribution is 5.79. The third-order valence-corrected chi connectivity index (χ3v) is 4.74. The largest absolute Gasteiger partial charge is 0.381 e. The maximum absolute atomic E-state index is 5.65. The topological polar surface area (TPSA) is 48.9 Å². The van der Waals surface area contributed by atoms with Crippen LogP contribution in [0.25, 0.3) is 0 Å². The SMILES string of the molecule is CCNC(=NCCCOCC1CC1)NCCN1CCCCC1C. The van der Waals surface area contributed by atoms with Crippen molar-refractivity contribution in [2.24, 2.45) is 10.9 Å². The van der Waals surface area contributed by atoms with Gasteiger partial charge in [-0.2, -0.15) is 0 Å². The molecule has 2 fully saturated rings. The van der Waals surface area contributed by atoms with E-state index in [1.165, 1.54) is 38.6 Å². The van der Waals surface area contributed by atoms with Crippen LogP contribution in [0.1, 0.15) is 52.4 Å². The number of hydrogen-bond acceptors (Lipinski definition) is 3. The van der Waals surface area contributed by atoms with Crippen molar-refractivity contribution in [3.8, 4) is 0 Å². The van der Waals surface area contributed by atoms with Gasteiger partial charge in [0.2, 0.25) is 0 Å². The number of aliphatic imine (C=N–C) groups is 1. The van der Waals surface area contributed by atoms with Gasteiger partial charge in [0.05, 0.1) is 0 Å². The molecule has 2 rings (SSSR count). The van der Waals surface area contributed by atoms with Gasteiger partial charge in [0.25, 0.3) is 0 Å². The van der Waals surface area contributed by atoms with Gasteiger partial charge in [-0.3, -0.25) is 9.89 Å². The van der Waals surface area contributed by atoms with Crippen molar-refractivity contribution in [3.05, 3.63) is 0 Å². The average molecular weight is 325 g/mol. The number of nitrogens with zero attached hydrogens (tertiary/aromatic N) is 2. The number of nitrogens with one attached hydrogen (secondary N) is 2. The molecule has 23 heavy (non-hydrogen) atoms. The highest BCUT2D eigenvalue weighted by Crippen LogP contribution is 2.28. The lowest BCUT2D eigenvalue weighted by Gasteiger charge is -2.33. The summed E-state index contributed by atoms with van der Waals surface area (Å²) >= 11 is 0. The smallest absolute Gasteiger partial charge is 0.191 e. The van der Waals surface area contributed by atoms with E-state index in [1.54, 1.807) is 0 Å². The van der Waals surface area contributed by atoms with Crippen LogP contribution in [-0.4, -0.2) is 62.8 Å². The van der Waals surface area contributed by atoms with Crippen LogP contribution in [0.5, 0.6) is 0 Å². The summed E-state index contributed by atoms with van der Waals surface area (Å²) in [6.07, 6.45) is 7.81. The highest BCUT2D eigenvalue weighted by Gasteiger charge is 2.20. The number of likely N-dealkylation sites (tertiary alicyclic amines) is 1. The number of piperidine rings is 1. The molecule has 2 aliphatic rings. The van der Waals surface area contributed by atoms with Crippen molar-refractivity contribution >= 4 is 5.96 Å². The standard InChI is InChI=1S/C18H36N4O/c1-3-19-18(20-10-6-14-23-15-17-8-9-17)21-11-13-22-12-5-4-7-16(22)2/h16-17H,3-15H2,1-2H3,(H2,19,20,21). The summed E-state index contributed by atoms with van der Waals surface area (Å²) in [4.78, 5) is 7.23. The molecule has 2 N–H and O–H groups in total. The van der Waals surface area contributed by atoms with Crippen LogP contribution >= 0.6 is 0 Å². The second-order valence-corrected chi connectivity index (χ2v) is 6.94. The van der Waals surface area contributed by atoms with Gasteiger partial charge in [-0.15, -0.1) is 0 Å². The van der Waals surface area contributed by atoms with E-state index in [0.717, 1.165) is 63.7 Å². The van der Waals surface area contributed by atoms with Gasteiger partial charge in [0.1, 0.15) is 0 Å². The molecule has 1 heterocycles. The van der Waals surface area contributed by atoms with Crippen LogP contribution in [0.4, 0.5) is 0 Å². The summed E-state index contributed by atoms with van der Waals surface area (Å²) in [7, 11) is 0. The van der Waals surface area contributed by atoms with Crippen LogP contribution in [0.15, 0.2) is 4.99 Å². The molecular weight excluding hydrogens is 288 g/mol. The van der Waals surface area contributed by atoms with E-state index in [1.807, 2.05) is 0 Å². The lowest BCUT2D eigenvalue weighted by Crippen LogP contribution is -2.45. The molecule has 0 aromatic carbocycles. The van der Waals surface area contributed by atoms with Crippen LogP contribution in [0.2, 0.25) is 0 Å².